The summed E-state index contributed by atoms with van der Waals surface area (Å²) in [5, 5.41) is 17.4. The molecule has 1 aliphatic heterocycles. The minimum Gasteiger partial charge on any atom is -0.326 e. The van der Waals surface area contributed by atoms with Crippen LogP contribution in [-0.2, 0) is 4.79 Å². The Morgan fingerprint density at radius 1 is 1.19 bits per heavy atom. The molecule has 1 atom stereocenters. The molecule has 0 saturated heterocycles. The summed E-state index contributed by atoms with van der Waals surface area (Å²) in [4.78, 5) is 13.0. The number of rotatable bonds is 3. The number of nitrogens with zero attached hydrogens (tertiary/aromatic N) is 4. The van der Waals surface area contributed by atoms with Gasteiger partial charge in [-0.2, -0.15) is 4.68 Å². The molecule has 1 amide bonds. The second kappa shape index (κ2) is 6.40. The fourth-order valence-corrected chi connectivity index (χ4v) is 3.01. The third-order valence-electron chi connectivity index (χ3n) is 4.15. The van der Waals surface area contributed by atoms with Crippen LogP contribution in [0.25, 0.3) is 0 Å². The summed E-state index contributed by atoms with van der Waals surface area (Å²) in [6, 6.07) is 14.6. The zero-order valence-corrected chi connectivity index (χ0v) is 13.8. The molecule has 8 heteroatoms. The van der Waals surface area contributed by atoms with Crippen LogP contribution in [0, 0.1) is 5.82 Å². The van der Waals surface area contributed by atoms with Gasteiger partial charge in [0, 0.05) is 11.4 Å². The van der Waals surface area contributed by atoms with Gasteiger partial charge >= 0.3 is 0 Å². The van der Waals surface area contributed by atoms with E-state index in [1.54, 1.807) is 31.2 Å². The van der Waals surface area contributed by atoms with E-state index in [1.807, 2.05) is 18.2 Å². The van der Waals surface area contributed by atoms with Gasteiger partial charge in [0.2, 0.25) is 5.95 Å². The molecule has 0 bridgehead atoms. The summed E-state index contributed by atoms with van der Waals surface area (Å²) in [5.74, 6) is -0.305. The SMILES string of the molecule is CC1=C(C(=O)Nc2ccccc2)[C@@H](c2cccc(F)c2)n2nnnc2N1. The van der Waals surface area contributed by atoms with Gasteiger partial charge in [0.05, 0.1) is 5.57 Å². The topological polar surface area (TPSA) is 84.7 Å². The molecule has 1 aromatic heterocycles. The van der Waals surface area contributed by atoms with Crippen LogP contribution in [0.2, 0.25) is 0 Å². The molecule has 4 rings (SSSR count). The maximum absolute atomic E-state index is 13.8. The maximum Gasteiger partial charge on any atom is 0.255 e. The highest BCUT2D eigenvalue weighted by atomic mass is 19.1. The van der Waals surface area contributed by atoms with E-state index in [9.17, 15) is 9.18 Å². The van der Waals surface area contributed by atoms with Crippen molar-refractivity contribution in [1.82, 2.24) is 20.2 Å². The molecule has 0 aliphatic carbocycles. The number of hydrogen-bond acceptors (Lipinski definition) is 5. The molecule has 0 unspecified atom stereocenters. The van der Waals surface area contributed by atoms with Crippen molar-refractivity contribution in [1.29, 1.82) is 0 Å². The Balaban J connectivity index is 1.78. The first-order valence-corrected chi connectivity index (χ1v) is 8.01. The average Bonchev–Trinajstić information content (AvgIpc) is 3.09. The lowest BCUT2D eigenvalue weighted by atomic mass is 9.95. The fraction of sp³-hybridized carbons (Fsp3) is 0.111. The lowest BCUT2D eigenvalue weighted by Crippen LogP contribution is -2.31. The number of anilines is 2. The van der Waals surface area contributed by atoms with Gasteiger partial charge in [0.25, 0.3) is 5.91 Å². The Hall–Kier alpha value is -3.55. The van der Waals surface area contributed by atoms with E-state index in [1.165, 1.54) is 16.8 Å². The largest absolute Gasteiger partial charge is 0.326 e. The van der Waals surface area contributed by atoms with Crippen molar-refractivity contribution < 1.29 is 9.18 Å². The zero-order chi connectivity index (χ0) is 18.1. The smallest absolute Gasteiger partial charge is 0.255 e. The van der Waals surface area contributed by atoms with Gasteiger partial charge in [-0.3, -0.25) is 4.79 Å². The normalized spacial score (nSPS) is 16.0. The zero-order valence-electron chi connectivity index (χ0n) is 13.8. The molecule has 0 spiro atoms. The van der Waals surface area contributed by atoms with Crippen LogP contribution in [0.3, 0.4) is 0 Å². The van der Waals surface area contributed by atoms with Crippen LogP contribution in [0.5, 0.6) is 0 Å². The summed E-state index contributed by atoms with van der Waals surface area (Å²) >= 11 is 0. The number of allylic oxidation sites excluding steroid dienone is 1. The first-order chi connectivity index (χ1) is 12.6. The first kappa shape index (κ1) is 15.9. The van der Waals surface area contributed by atoms with Crippen molar-refractivity contribution in [3.63, 3.8) is 0 Å². The average molecular weight is 350 g/mol. The molecule has 1 aliphatic rings. The number of carbonyl (C=O) groups is 1. The molecule has 0 fully saturated rings. The molecule has 0 radical (unpaired) electrons. The number of fused-ring (bicyclic) bond motifs is 1. The summed E-state index contributed by atoms with van der Waals surface area (Å²) in [6.07, 6.45) is 0. The van der Waals surface area contributed by atoms with Gasteiger partial charge in [-0.15, -0.1) is 0 Å². The highest BCUT2D eigenvalue weighted by molar-refractivity contribution is 6.05. The molecule has 2 aromatic carbocycles. The predicted octanol–water partition coefficient (Wildman–Crippen LogP) is 2.74. The molecule has 2 heterocycles. The Labute approximate surface area is 148 Å². The van der Waals surface area contributed by atoms with E-state index in [4.69, 9.17) is 0 Å². The standard InChI is InChI=1S/C18H15FN6O/c1-11-15(17(26)21-14-8-3-2-4-9-14)16(12-6-5-7-13(19)10-12)25-18(20-11)22-23-24-25/h2-10,16H,1H3,(H,21,26)(H,20,22,24)/t16-/m1/s1. The summed E-state index contributed by atoms with van der Waals surface area (Å²) in [5.41, 5.74) is 2.27. The minimum absolute atomic E-state index is 0.309. The van der Waals surface area contributed by atoms with Gasteiger partial charge in [-0.1, -0.05) is 35.4 Å². The molecule has 0 saturated carbocycles. The molecule has 130 valence electrons. The summed E-state index contributed by atoms with van der Waals surface area (Å²) in [7, 11) is 0. The lowest BCUT2D eigenvalue weighted by Gasteiger charge is -2.28. The fourth-order valence-electron chi connectivity index (χ4n) is 3.01. The van der Waals surface area contributed by atoms with Crippen LogP contribution < -0.4 is 10.6 Å². The summed E-state index contributed by atoms with van der Waals surface area (Å²) < 4.78 is 15.3. The van der Waals surface area contributed by atoms with Crippen molar-refractivity contribution in [2.75, 3.05) is 10.6 Å². The number of halogens is 1. The first-order valence-electron chi connectivity index (χ1n) is 8.01. The van der Waals surface area contributed by atoms with E-state index in [-0.39, 0.29) is 5.91 Å². The summed E-state index contributed by atoms with van der Waals surface area (Å²) in [6.45, 7) is 1.77. The molecular weight excluding hydrogens is 335 g/mol. The van der Waals surface area contributed by atoms with Crippen LogP contribution in [-0.4, -0.2) is 26.1 Å². The van der Waals surface area contributed by atoms with Crippen molar-refractivity contribution >= 4 is 17.5 Å². The molecule has 3 aromatic rings. The molecule has 7 nitrogen and oxygen atoms in total. The third-order valence-corrected chi connectivity index (χ3v) is 4.15. The van der Waals surface area contributed by atoms with E-state index in [2.05, 4.69) is 26.2 Å². The van der Waals surface area contributed by atoms with Gasteiger partial charge in [-0.05, 0) is 47.2 Å². The van der Waals surface area contributed by atoms with Crippen LogP contribution in [0.4, 0.5) is 16.0 Å². The van der Waals surface area contributed by atoms with Gasteiger partial charge in [0.1, 0.15) is 11.9 Å². The third kappa shape index (κ3) is 2.81. The highest BCUT2D eigenvalue weighted by Crippen LogP contribution is 2.34. The van der Waals surface area contributed by atoms with E-state index < -0.39 is 11.9 Å². The van der Waals surface area contributed by atoms with Crippen molar-refractivity contribution in [2.45, 2.75) is 13.0 Å². The van der Waals surface area contributed by atoms with E-state index in [0.717, 1.165) is 0 Å². The number of hydrogen-bond donors (Lipinski definition) is 2. The predicted molar refractivity (Wildman–Crippen MR) is 93.8 cm³/mol. The quantitative estimate of drug-likeness (QED) is 0.759. The van der Waals surface area contributed by atoms with Gasteiger partial charge in [0.15, 0.2) is 0 Å². The second-order valence-corrected chi connectivity index (χ2v) is 5.89. The number of benzene rings is 2. The highest BCUT2D eigenvalue weighted by Gasteiger charge is 2.34. The van der Waals surface area contributed by atoms with Gasteiger partial charge in [-0.25, -0.2) is 4.39 Å². The molecule has 2 N–H and O–H groups in total. The Kier molecular flexibility index (Phi) is 3.92. The molecular formula is C18H15FN6O. The maximum atomic E-state index is 13.8. The molecule has 26 heavy (non-hydrogen) atoms. The number of nitrogens with one attached hydrogen (secondary N) is 2. The van der Waals surface area contributed by atoms with Crippen molar-refractivity contribution in [3.05, 3.63) is 77.2 Å². The van der Waals surface area contributed by atoms with Gasteiger partial charge < -0.3 is 10.6 Å². The second-order valence-electron chi connectivity index (χ2n) is 5.89. The number of para-hydroxylation sites is 1. The van der Waals surface area contributed by atoms with Crippen LogP contribution >= 0.6 is 0 Å². The number of aromatic nitrogens is 4. The van der Waals surface area contributed by atoms with Crippen molar-refractivity contribution in [3.8, 4) is 0 Å². The monoisotopic (exact) mass is 350 g/mol. The Morgan fingerprint density at radius 2 is 2.00 bits per heavy atom. The van der Waals surface area contributed by atoms with Crippen LogP contribution in [0.1, 0.15) is 18.5 Å². The number of tetrazole rings is 1. The van der Waals surface area contributed by atoms with Crippen molar-refractivity contribution in [2.24, 2.45) is 0 Å². The number of amides is 1. The number of carbonyl (C=O) groups excluding carboxylic acids is 1. The van der Waals surface area contributed by atoms with E-state index >= 15 is 0 Å². The Bertz CT molecular complexity index is 998. The lowest BCUT2D eigenvalue weighted by molar-refractivity contribution is -0.113. The van der Waals surface area contributed by atoms with Crippen LogP contribution in [0.15, 0.2) is 65.9 Å². The Morgan fingerprint density at radius 3 is 2.77 bits per heavy atom. The minimum atomic E-state index is -0.638. The van der Waals surface area contributed by atoms with E-state index in [0.29, 0.717) is 28.5 Å².